The number of alkyl halides is 3. The lowest BCUT2D eigenvalue weighted by Crippen LogP contribution is -2.37. The van der Waals surface area contributed by atoms with Gasteiger partial charge in [-0.15, -0.1) is 0 Å². The van der Waals surface area contributed by atoms with Crippen LogP contribution in [0.3, 0.4) is 0 Å². The second kappa shape index (κ2) is 6.76. The van der Waals surface area contributed by atoms with Crippen molar-refractivity contribution in [1.82, 2.24) is 9.88 Å². The molecule has 1 aromatic rings. The van der Waals surface area contributed by atoms with Gasteiger partial charge < -0.3 is 4.84 Å². The van der Waals surface area contributed by atoms with Crippen LogP contribution in [0.1, 0.15) is 30.5 Å². The first kappa shape index (κ1) is 16.7. The molecule has 8 heteroatoms. The maximum atomic E-state index is 12.5. The fourth-order valence-electron chi connectivity index (χ4n) is 3.02. The molecular weight excluding hydrogens is 375 g/mol. The number of aromatic nitrogens is 1. The Labute approximate surface area is 140 Å². The number of pyridine rings is 1. The highest BCUT2D eigenvalue weighted by atomic mass is 79.9. The summed E-state index contributed by atoms with van der Waals surface area (Å²) in [5.41, 5.74) is -0.0384. The highest BCUT2D eigenvalue weighted by molar-refractivity contribution is 9.18. The van der Waals surface area contributed by atoms with E-state index in [4.69, 9.17) is 4.84 Å². The molecule has 1 aromatic heterocycles. The monoisotopic (exact) mass is 391 g/mol. The zero-order valence-electron chi connectivity index (χ0n) is 12.4. The van der Waals surface area contributed by atoms with Crippen molar-refractivity contribution in [3.8, 4) is 0 Å². The molecule has 3 rings (SSSR count). The first-order chi connectivity index (χ1) is 10.9. The standard InChI is InChI=1S/C15H17BrF3N3O/c16-14-7-13(23-21-14)10-3-5-22(6-4-10)9-12-2-1-11(8-20-12)15(17,18)19/h1-2,8,10,13H,3-7,9H2. The minimum Gasteiger partial charge on any atom is -0.391 e. The van der Waals surface area contributed by atoms with Gasteiger partial charge in [-0.05, 0) is 54.0 Å². The van der Waals surface area contributed by atoms with E-state index in [1.807, 2.05) is 0 Å². The summed E-state index contributed by atoms with van der Waals surface area (Å²) in [7, 11) is 0. The van der Waals surface area contributed by atoms with E-state index < -0.39 is 11.7 Å². The molecule has 0 amide bonds. The van der Waals surface area contributed by atoms with Crippen molar-refractivity contribution in [2.75, 3.05) is 13.1 Å². The summed E-state index contributed by atoms with van der Waals surface area (Å²) in [5, 5.41) is 3.93. The van der Waals surface area contributed by atoms with Crippen molar-refractivity contribution in [3.05, 3.63) is 29.6 Å². The van der Waals surface area contributed by atoms with E-state index in [-0.39, 0.29) is 6.10 Å². The van der Waals surface area contributed by atoms with Gasteiger partial charge in [0.05, 0.1) is 11.3 Å². The van der Waals surface area contributed by atoms with Crippen LogP contribution in [0, 0.1) is 5.92 Å². The number of likely N-dealkylation sites (tertiary alicyclic amines) is 1. The first-order valence-electron chi connectivity index (χ1n) is 7.54. The first-order valence-corrected chi connectivity index (χ1v) is 8.34. The third-order valence-electron chi connectivity index (χ3n) is 4.35. The summed E-state index contributed by atoms with van der Waals surface area (Å²) < 4.78 is 38.4. The van der Waals surface area contributed by atoms with E-state index in [2.05, 4.69) is 31.0 Å². The number of hydrogen-bond donors (Lipinski definition) is 0. The molecule has 1 unspecified atom stereocenters. The molecule has 0 bridgehead atoms. The molecular formula is C15H17BrF3N3O. The molecule has 0 N–H and O–H groups in total. The molecule has 2 aliphatic heterocycles. The predicted molar refractivity (Wildman–Crippen MR) is 83.1 cm³/mol. The van der Waals surface area contributed by atoms with Crippen molar-refractivity contribution < 1.29 is 18.0 Å². The van der Waals surface area contributed by atoms with Crippen LogP contribution in [-0.4, -0.2) is 33.7 Å². The summed E-state index contributed by atoms with van der Waals surface area (Å²) in [6.45, 7) is 2.37. The number of hydrogen-bond acceptors (Lipinski definition) is 4. The largest absolute Gasteiger partial charge is 0.417 e. The summed E-state index contributed by atoms with van der Waals surface area (Å²) in [6.07, 6.45) is -0.450. The highest BCUT2D eigenvalue weighted by Crippen LogP contribution is 2.30. The molecule has 1 fully saturated rings. The third-order valence-corrected chi connectivity index (χ3v) is 4.82. The predicted octanol–water partition coefficient (Wildman–Crippen LogP) is 3.81. The number of piperidine rings is 1. The fourth-order valence-corrected chi connectivity index (χ4v) is 3.42. The average molecular weight is 392 g/mol. The maximum Gasteiger partial charge on any atom is 0.417 e. The van der Waals surface area contributed by atoms with Crippen molar-refractivity contribution in [1.29, 1.82) is 0 Å². The van der Waals surface area contributed by atoms with Crippen LogP contribution in [0.2, 0.25) is 0 Å². The summed E-state index contributed by atoms with van der Waals surface area (Å²) >= 11 is 3.35. The maximum absolute atomic E-state index is 12.5. The van der Waals surface area contributed by atoms with Crippen LogP contribution >= 0.6 is 15.9 Å². The van der Waals surface area contributed by atoms with Crippen LogP contribution in [-0.2, 0) is 17.6 Å². The number of rotatable bonds is 3. The second-order valence-electron chi connectivity index (χ2n) is 5.97. The Morgan fingerprint density at radius 3 is 2.52 bits per heavy atom. The molecule has 0 aliphatic carbocycles. The Balaban J connectivity index is 1.49. The minimum absolute atomic E-state index is 0.149. The normalized spacial score (nSPS) is 23.7. The summed E-state index contributed by atoms with van der Waals surface area (Å²) in [4.78, 5) is 11.6. The molecule has 3 heterocycles. The Kier molecular flexibility index (Phi) is 4.91. The van der Waals surface area contributed by atoms with Gasteiger partial charge in [-0.2, -0.15) is 13.2 Å². The van der Waals surface area contributed by atoms with Gasteiger partial charge in [0.25, 0.3) is 0 Å². The number of oxime groups is 1. The quantitative estimate of drug-likeness (QED) is 0.785. The van der Waals surface area contributed by atoms with Crippen LogP contribution < -0.4 is 0 Å². The zero-order chi connectivity index (χ0) is 16.4. The van der Waals surface area contributed by atoms with Crippen LogP contribution in [0.15, 0.2) is 23.5 Å². The third kappa shape index (κ3) is 4.23. The molecule has 0 radical (unpaired) electrons. The minimum atomic E-state index is -4.33. The topological polar surface area (TPSA) is 37.7 Å². The van der Waals surface area contributed by atoms with Gasteiger partial charge in [-0.25, -0.2) is 0 Å². The average Bonchev–Trinajstić information content (AvgIpc) is 2.94. The smallest absolute Gasteiger partial charge is 0.391 e. The number of halogens is 4. The summed E-state index contributed by atoms with van der Waals surface area (Å²) in [5.74, 6) is 0.477. The van der Waals surface area contributed by atoms with Crippen LogP contribution in [0.25, 0.3) is 0 Å². The van der Waals surface area contributed by atoms with Crippen molar-refractivity contribution in [2.24, 2.45) is 11.1 Å². The summed E-state index contributed by atoms with van der Waals surface area (Å²) in [6, 6.07) is 2.55. The highest BCUT2D eigenvalue weighted by Gasteiger charge is 2.32. The van der Waals surface area contributed by atoms with E-state index in [0.717, 1.165) is 49.2 Å². The lowest BCUT2D eigenvalue weighted by molar-refractivity contribution is -0.137. The number of nitrogens with zero attached hydrogens (tertiary/aromatic N) is 3. The Morgan fingerprint density at radius 2 is 2.00 bits per heavy atom. The van der Waals surface area contributed by atoms with Gasteiger partial charge in [0.15, 0.2) is 0 Å². The zero-order valence-corrected chi connectivity index (χ0v) is 14.0. The van der Waals surface area contributed by atoms with Crippen molar-refractivity contribution in [3.63, 3.8) is 0 Å². The molecule has 0 aromatic carbocycles. The van der Waals surface area contributed by atoms with Gasteiger partial charge in [-0.3, -0.25) is 9.88 Å². The lowest BCUT2D eigenvalue weighted by Gasteiger charge is -2.33. The Morgan fingerprint density at radius 1 is 1.26 bits per heavy atom. The molecule has 0 saturated carbocycles. The van der Waals surface area contributed by atoms with Crippen molar-refractivity contribution >= 4 is 20.6 Å². The van der Waals surface area contributed by atoms with E-state index in [9.17, 15) is 13.2 Å². The van der Waals surface area contributed by atoms with Gasteiger partial charge >= 0.3 is 6.18 Å². The molecule has 2 aliphatic rings. The molecule has 23 heavy (non-hydrogen) atoms. The van der Waals surface area contributed by atoms with Crippen LogP contribution in [0.5, 0.6) is 0 Å². The van der Waals surface area contributed by atoms with Gasteiger partial charge in [0, 0.05) is 25.1 Å². The molecule has 1 saturated heterocycles. The molecule has 4 nitrogen and oxygen atoms in total. The van der Waals surface area contributed by atoms with Crippen molar-refractivity contribution in [2.45, 2.75) is 38.1 Å². The Hall–Kier alpha value is -1.15. The van der Waals surface area contributed by atoms with Gasteiger partial charge in [-0.1, -0.05) is 5.16 Å². The lowest BCUT2D eigenvalue weighted by atomic mass is 9.90. The molecule has 126 valence electrons. The second-order valence-corrected chi connectivity index (χ2v) is 6.88. The van der Waals surface area contributed by atoms with Crippen LogP contribution in [0.4, 0.5) is 13.2 Å². The van der Waals surface area contributed by atoms with E-state index in [1.165, 1.54) is 6.07 Å². The van der Waals surface area contributed by atoms with Gasteiger partial charge in [0.2, 0.25) is 0 Å². The fraction of sp³-hybridized carbons (Fsp3) is 0.600. The van der Waals surface area contributed by atoms with E-state index in [1.54, 1.807) is 0 Å². The Bertz CT molecular complexity index is 568. The SMILES string of the molecule is FC(F)(F)c1ccc(CN2CCC(C3CC(Br)=NO3)CC2)nc1. The van der Waals surface area contributed by atoms with E-state index >= 15 is 0 Å². The molecule has 1 atom stereocenters. The molecule has 0 spiro atoms. The van der Waals surface area contributed by atoms with E-state index in [0.29, 0.717) is 18.2 Å². The van der Waals surface area contributed by atoms with Gasteiger partial charge in [0.1, 0.15) is 10.7 Å².